The molecule has 3 aromatic carbocycles. The number of nitrogens with one attached hydrogen (secondary N) is 2. The van der Waals surface area contributed by atoms with Crippen LogP contribution in [0.5, 0.6) is 0 Å². The Morgan fingerprint density at radius 3 is 2.15 bits per heavy atom. The monoisotopic (exact) mass is 374 g/mol. The molecule has 7 heteroatoms. The molecule has 134 valence electrons. The van der Waals surface area contributed by atoms with Crippen LogP contribution in [0.4, 0.5) is 25.8 Å². The average molecular weight is 374 g/mol. The summed E-state index contributed by atoms with van der Waals surface area (Å²) >= 11 is 0. The predicted molar refractivity (Wildman–Crippen MR) is 98.1 cm³/mol. The summed E-state index contributed by atoms with van der Waals surface area (Å²) < 4.78 is 54.2. The van der Waals surface area contributed by atoms with E-state index in [4.69, 9.17) is 0 Å². The van der Waals surface area contributed by atoms with Crippen LogP contribution in [0.1, 0.15) is 5.56 Å². The molecule has 0 spiro atoms. The van der Waals surface area contributed by atoms with Gasteiger partial charge < -0.3 is 5.32 Å². The molecule has 0 atom stereocenters. The highest BCUT2D eigenvalue weighted by molar-refractivity contribution is 7.92. The second kappa shape index (κ2) is 7.13. The lowest BCUT2D eigenvalue weighted by Crippen LogP contribution is -2.14. The molecule has 0 bridgehead atoms. The van der Waals surface area contributed by atoms with Crippen molar-refractivity contribution in [3.8, 4) is 0 Å². The van der Waals surface area contributed by atoms with Crippen molar-refractivity contribution >= 4 is 27.1 Å². The highest BCUT2D eigenvalue weighted by Crippen LogP contribution is 2.23. The lowest BCUT2D eigenvalue weighted by Gasteiger charge is -2.12. The summed E-state index contributed by atoms with van der Waals surface area (Å²) in [5.41, 5.74) is 1.59. The largest absolute Gasteiger partial charge is 0.353 e. The maximum atomic E-state index is 13.7. The number of hydrogen-bond donors (Lipinski definition) is 2. The van der Waals surface area contributed by atoms with E-state index in [1.54, 1.807) is 42.5 Å². The minimum atomic E-state index is -3.84. The SMILES string of the molecule is Cc1cc(F)ccc1S(=O)(=O)Nc1ccc(Nc2ccccc2F)cc1. The summed E-state index contributed by atoms with van der Waals surface area (Å²) in [5, 5.41) is 2.92. The van der Waals surface area contributed by atoms with Crippen molar-refractivity contribution in [2.75, 3.05) is 10.0 Å². The van der Waals surface area contributed by atoms with E-state index in [0.717, 1.165) is 12.1 Å². The van der Waals surface area contributed by atoms with Crippen LogP contribution in [0.15, 0.2) is 71.6 Å². The first-order chi connectivity index (χ1) is 12.3. The van der Waals surface area contributed by atoms with Gasteiger partial charge in [-0.25, -0.2) is 17.2 Å². The predicted octanol–water partition coefficient (Wildman–Crippen LogP) is 4.82. The molecule has 3 aromatic rings. The van der Waals surface area contributed by atoms with Gasteiger partial charge in [0.1, 0.15) is 11.6 Å². The topological polar surface area (TPSA) is 58.2 Å². The van der Waals surface area contributed by atoms with Gasteiger partial charge in [0, 0.05) is 11.4 Å². The Morgan fingerprint density at radius 2 is 1.50 bits per heavy atom. The van der Waals surface area contributed by atoms with Crippen molar-refractivity contribution in [2.45, 2.75) is 11.8 Å². The number of hydrogen-bond acceptors (Lipinski definition) is 3. The van der Waals surface area contributed by atoms with E-state index in [1.165, 1.54) is 19.1 Å². The van der Waals surface area contributed by atoms with Gasteiger partial charge in [-0.3, -0.25) is 4.72 Å². The van der Waals surface area contributed by atoms with Crippen LogP contribution in [0, 0.1) is 18.6 Å². The van der Waals surface area contributed by atoms with Gasteiger partial charge >= 0.3 is 0 Å². The number of para-hydroxylation sites is 1. The molecule has 0 aliphatic heterocycles. The molecule has 3 rings (SSSR count). The van der Waals surface area contributed by atoms with Gasteiger partial charge in [0.2, 0.25) is 0 Å². The lowest BCUT2D eigenvalue weighted by atomic mass is 10.2. The van der Waals surface area contributed by atoms with Crippen LogP contribution in [0.3, 0.4) is 0 Å². The minimum absolute atomic E-state index is 0.00691. The van der Waals surface area contributed by atoms with Crippen molar-refractivity contribution in [3.05, 3.63) is 83.9 Å². The molecule has 0 heterocycles. The Hall–Kier alpha value is -2.93. The molecule has 26 heavy (non-hydrogen) atoms. The maximum absolute atomic E-state index is 13.7. The first-order valence-corrected chi connectivity index (χ1v) is 9.24. The fourth-order valence-corrected chi connectivity index (χ4v) is 3.75. The molecule has 0 fully saturated rings. The van der Waals surface area contributed by atoms with Gasteiger partial charge in [-0.05, 0) is 67.1 Å². The summed E-state index contributed by atoms with van der Waals surface area (Å²) in [6, 6.07) is 16.1. The summed E-state index contributed by atoms with van der Waals surface area (Å²) in [7, 11) is -3.84. The van der Waals surface area contributed by atoms with Crippen molar-refractivity contribution < 1.29 is 17.2 Å². The molecule has 0 aliphatic rings. The van der Waals surface area contributed by atoms with E-state index < -0.39 is 15.8 Å². The van der Waals surface area contributed by atoms with Gasteiger partial charge in [-0.2, -0.15) is 0 Å². The number of aryl methyl sites for hydroxylation is 1. The van der Waals surface area contributed by atoms with Gasteiger partial charge in [-0.15, -0.1) is 0 Å². The lowest BCUT2D eigenvalue weighted by molar-refractivity contribution is 0.598. The Kier molecular flexibility index (Phi) is 4.90. The molecule has 0 unspecified atom stereocenters. The highest BCUT2D eigenvalue weighted by atomic mass is 32.2. The Bertz CT molecular complexity index is 1040. The zero-order valence-electron chi connectivity index (χ0n) is 13.8. The van der Waals surface area contributed by atoms with Gasteiger partial charge in [0.25, 0.3) is 10.0 Å². The van der Waals surface area contributed by atoms with Crippen LogP contribution < -0.4 is 10.0 Å². The van der Waals surface area contributed by atoms with Crippen molar-refractivity contribution in [2.24, 2.45) is 0 Å². The van der Waals surface area contributed by atoms with Crippen LogP contribution in [-0.2, 0) is 10.0 Å². The number of sulfonamides is 1. The van der Waals surface area contributed by atoms with E-state index in [0.29, 0.717) is 22.6 Å². The number of anilines is 3. The van der Waals surface area contributed by atoms with Gasteiger partial charge in [0.15, 0.2) is 0 Å². The zero-order chi connectivity index (χ0) is 18.7. The van der Waals surface area contributed by atoms with E-state index >= 15 is 0 Å². The molecule has 0 radical (unpaired) electrons. The first-order valence-electron chi connectivity index (χ1n) is 7.76. The molecule has 0 aromatic heterocycles. The van der Waals surface area contributed by atoms with Crippen LogP contribution in [0.25, 0.3) is 0 Å². The second-order valence-corrected chi connectivity index (χ2v) is 7.35. The first kappa shape index (κ1) is 17.9. The van der Waals surface area contributed by atoms with E-state index in [-0.39, 0.29) is 10.7 Å². The number of benzene rings is 3. The van der Waals surface area contributed by atoms with Crippen LogP contribution in [0.2, 0.25) is 0 Å². The molecular formula is C19H16F2N2O2S. The van der Waals surface area contributed by atoms with Crippen molar-refractivity contribution in [3.63, 3.8) is 0 Å². The summed E-state index contributed by atoms with van der Waals surface area (Å²) in [4.78, 5) is 0.00691. The third-order valence-corrected chi connectivity index (χ3v) is 5.26. The van der Waals surface area contributed by atoms with E-state index in [9.17, 15) is 17.2 Å². The van der Waals surface area contributed by atoms with Crippen LogP contribution >= 0.6 is 0 Å². The maximum Gasteiger partial charge on any atom is 0.262 e. The fourth-order valence-electron chi connectivity index (χ4n) is 2.46. The molecule has 2 N–H and O–H groups in total. The molecule has 0 saturated carbocycles. The molecule has 0 saturated heterocycles. The van der Waals surface area contributed by atoms with Crippen molar-refractivity contribution in [1.29, 1.82) is 0 Å². The Morgan fingerprint density at radius 1 is 0.846 bits per heavy atom. The molecule has 0 aliphatic carbocycles. The zero-order valence-corrected chi connectivity index (χ0v) is 14.6. The Labute approximate surface area is 150 Å². The molecule has 0 amide bonds. The van der Waals surface area contributed by atoms with E-state index in [1.807, 2.05) is 0 Å². The number of rotatable bonds is 5. The highest BCUT2D eigenvalue weighted by Gasteiger charge is 2.17. The van der Waals surface area contributed by atoms with Gasteiger partial charge in [0.05, 0.1) is 10.6 Å². The Balaban J connectivity index is 1.77. The second-order valence-electron chi connectivity index (χ2n) is 5.70. The third-order valence-electron chi connectivity index (χ3n) is 3.72. The molecule has 4 nitrogen and oxygen atoms in total. The summed E-state index contributed by atoms with van der Waals surface area (Å²) in [6.07, 6.45) is 0. The average Bonchev–Trinajstić information content (AvgIpc) is 2.58. The fraction of sp³-hybridized carbons (Fsp3) is 0.0526. The van der Waals surface area contributed by atoms with Crippen molar-refractivity contribution in [1.82, 2.24) is 0 Å². The summed E-state index contributed by atoms with van der Waals surface area (Å²) in [6.45, 7) is 1.53. The van der Waals surface area contributed by atoms with Gasteiger partial charge in [-0.1, -0.05) is 12.1 Å². The third kappa shape index (κ3) is 4.00. The standard InChI is InChI=1S/C19H16F2N2O2S/c1-13-12-14(20)6-11-19(13)26(24,25)23-16-9-7-15(8-10-16)22-18-5-3-2-4-17(18)21/h2-12,22-23H,1H3. The quantitative estimate of drug-likeness (QED) is 0.673. The summed E-state index contributed by atoms with van der Waals surface area (Å²) in [5.74, 6) is -0.880. The molecular weight excluding hydrogens is 358 g/mol. The number of halogens is 2. The smallest absolute Gasteiger partial charge is 0.262 e. The van der Waals surface area contributed by atoms with Crippen LogP contribution in [-0.4, -0.2) is 8.42 Å². The minimum Gasteiger partial charge on any atom is -0.353 e. The normalized spacial score (nSPS) is 11.2. The van der Waals surface area contributed by atoms with E-state index in [2.05, 4.69) is 10.0 Å².